The predicted octanol–water partition coefficient (Wildman–Crippen LogP) is 4.02. The Morgan fingerprint density at radius 3 is 1.96 bits per heavy atom. The molecule has 0 aromatic heterocycles. The second kappa shape index (κ2) is 7.77. The van der Waals surface area contributed by atoms with Gasteiger partial charge in [-0.25, -0.2) is 0 Å². The first kappa shape index (κ1) is 17.5. The second-order valence-electron chi connectivity index (χ2n) is 6.99. The lowest BCUT2D eigenvalue weighted by atomic mass is 9.94. The summed E-state index contributed by atoms with van der Waals surface area (Å²) in [5.41, 5.74) is 7.42. The molecule has 3 aromatic rings. The summed E-state index contributed by atoms with van der Waals surface area (Å²) in [5.74, 6) is -0.0545. The Morgan fingerprint density at radius 1 is 0.852 bits per heavy atom. The Hall–Kier alpha value is -2.91. The molecule has 3 nitrogen and oxygen atoms in total. The van der Waals surface area contributed by atoms with Gasteiger partial charge in [0.1, 0.15) is 0 Å². The lowest BCUT2D eigenvalue weighted by Gasteiger charge is -2.22. The molecule has 136 valence electrons. The van der Waals surface area contributed by atoms with Crippen LogP contribution in [0.15, 0.2) is 72.8 Å². The van der Waals surface area contributed by atoms with Crippen molar-refractivity contribution in [1.29, 1.82) is 0 Å². The molecule has 0 saturated carbocycles. The molecule has 0 unspecified atom stereocenters. The Balaban J connectivity index is 1.60. The van der Waals surface area contributed by atoms with Crippen LogP contribution in [-0.2, 0) is 19.4 Å². The van der Waals surface area contributed by atoms with Crippen LogP contribution in [0.1, 0.15) is 44.2 Å². The van der Waals surface area contributed by atoms with Crippen LogP contribution in [0.4, 0.5) is 0 Å². The van der Waals surface area contributed by atoms with Crippen LogP contribution in [-0.4, -0.2) is 13.0 Å². The summed E-state index contributed by atoms with van der Waals surface area (Å²) in [6, 6.07) is 25.5. The molecule has 0 spiro atoms. The van der Waals surface area contributed by atoms with Crippen molar-refractivity contribution in [2.24, 2.45) is 0 Å². The van der Waals surface area contributed by atoms with E-state index >= 15 is 0 Å². The van der Waals surface area contributed by atoms with E-state index in [1.165, 1.54) is 27.8 Å². The monoisotopic (exact) mass is 356 g/mol. The lowest BCUT2D eigenvalue weighted by Crippen LogP contribution is -2.23. The van der Waals surface area contributed by atoms with E-state index in [-0.39, 0.29) is 11.9 Å². The van der Waals surface area contributed by atoms with Crippen molar-refractivity contribution in [1.82, 2.24) is 10.6 Å². The third-order valence-electron chi connectivity index (χ3n) is 5.35. The summed E-state index contributed by atoms with van der Waals surface area (Å²) >= 11 is 0. The Morgan fingerprint density at radius 2 is 1.41 bits per heavy atom. The molecule has 0 saturated heterocycles. The number of amides is 1. The van der Waals surface area contributed by atoms with Gasteiger partial charge in [0, 0.05) is 19.2 Å². The van der Waals surface area contributed by atoms with Gasteiger partial charge in [-0.05, 0) is 52.8 Å². The van der Waals surface area contributed by atoms with E-state index in [1.54, 1.807) is 7.05 Å². The largest absolute Gasteiger partial charge is 0.355 e. The fourth-order valence-corrected chi connectivity index (χ4v) is 3.88. The van der Waals surface area contributed by atoms with E-state index in [4.69, 9.17) is 0 Å². The molecule has 0 fully saturated rings. The van der Waals surface area contributed by atoms with E-state index in [1.807, 2.05) is 24.3 Å². The normalized spacial score (nSPS) is 13.4. The molecule has 4 rings (SSSR count). The van der Waals surface area contributed by atoms with Crippen molar-refractivity contribution >= 4 is 5.91 Å². The van der Waals surface area contributed by atoms with Gasteiger partial charge >= 0.3 is 0 Å². The average Bonchev–Trinajstić information content (AvgIpc) is 2.89. The highest BCUT2D eigenvalue weighted by Crippen LogP contribution is 2.32. The zero-order valence-electron chi connectivity index (χ0n) is 15.5. The highest BCUT2D eigenvalue weighted by molar-refractivity contribution is 5.93. The van der Waals surface area contributed by atoms with Crippen LogP contribution in [0.3, 0.4) is 0 Å². The number of rotatable bonds is 4. The van der Waals surface area contributed by atoms with Crippen LogP contribution in [0.2, 0.25) is 0 Å². The average molecular weight is 356 g/mol. The van der Waals surface area contributed by atoms with Crippen LogP contribution >= 0.6 is 0 Å². The highest BCUT2D eigenvalue weighted by Gasteiger charge is 2.22. The summed E-state index contributed by atoms with van der Waals surface area (Å²) < 4.78 is 0. The number of nitrogens with one attached hydrogen (secondary N) is 2. The maximum atomic E-state index is 11.7. The minimum Gasteiger partial charge on any atom is -0.355 e. The fourth-order valence-electron chi connectivity index (χ4n) is 3.88. The molecule has 1 amide bonds. The van der Waals surface area contributed by atoms with E-state index in [9.17, 15) is 4.79 Å². The molecule has 0 heterocycles. The number of hydrogen-bond donors (Lipinski definition) is 2. The van der Waals surface area contributed by atoms with Crippen molar-refractivity contribution < 1.29 is 4.79 Å². The molecule has 27 heavy (non-hydrogen) atoms. The Bertz CT molecular complexity index is 899. The van der Waals surface area contributed by atoms with Crippen molar-refractivity contribution in [2.45, 2.75) is 25.4 Å². The molecule has 1 aliphatic carbocycles. The van der Waals surface area contributed by atoms with Gasteiger partial charge in [-0.15, -0.1) is 0 Å². The van der Waals surface area contributed by atoms with Crippen molar-refractivity contribution in [2.75, 3.05) is 7.05 Å². The predicted molar refractivity (Wildman–Crippen MR) is 109 cm³/mol. The van der Waals surface area contributed by atoms with Gasteiger partial charge in [-0.1, -0.05) is 60.7 Å². The summed E-state index contributed by atoms with van der Waals surface area (Å²) in [4.78, 5) is 11.7. The van der Waals surface area contributed by atoms with Gasteiger partial charge in [-0.3, -0.25) is 4.79 Å². The summed E-state index contributed by atoms with van der Waals surface area (Å²) in [5, 5.41) is 6.41. The zero-order valence-corrected chi connectivity index (χ0v) is 15.5. The topological polar surface area (TPSA) is 41.1 Å². The van der Waals surface area contributed by atoms with E-state index in [2.05, 4.69) is 59.2 Å². The van der Waals surface area contributed by atoms with E-state index < -0.39 is 0 Å². The first-order chi connectivity index (χ1) is 13.3. The maximum Gasteiger partial charge on any atom is 0.251 e. The third kappa shape index (κ3) is 3.64. The first-order valence-electron chi connectivity index (χ1n) is 9.46. The molecule has 0 radical (unpaired) electrons. The summed E-state index contributed by atoms with van der Waals surface area (Å²) in [6.07, 6.45) is 2.15. The molecule has 1 aliphatic rings. The number of hydrogen-bond acceptors (Lipinski definition) is 2. The van der Waals surface area contributed by atoms with Gasteiger partial charge < -0.3 is 10.6 Å². The van der Waals surface area contributed by atoms with Crippen molar-refractivity contribution in [3.05, 3.63) is 106 Å². The first-order valence-corrected chi connectivity index (χ1v) is 9.46. The number of aryl methyl sites for hydroxylation is 2. The Kier molecular flexibility index (Phi) is 5.03. The molecule has 3 heteroatoms. The molecule has 0 atom stereocenters. The number of fused-ring (bicyclic) bond motifs is 2. The molecular formula is C24H24N2O. The molecule has 0 bridgehead atoms. The quantitative estimate of drug-likeness (QED) is 0.741. The van der Waals surface area contributed by atoms with Crippen molar-refractivity contribution in [3.8, 4) is 0 Å². The number of carbonyl (C=O) groups excluding carboxylic acids is 1. The van der Waals surface area contributed by atoms with Gasteiger partial charge in [0.25, 0.3) is 5.91 Å². The summed E-state index contributed by atoms with van der Waals surface area (Å²) in [7, 11) is 1.65. The SMILES string of the molecule is CNC(=O)c1ccc(CNC2c3ccccc3CCc3ccccc32)cc1. The van der Waals surface area contributed by atoms with Gasteiger partial charge in [0.15, 0.2) is 0 Å². The van der Waals surface area contributed by atoms with Crippen LogP contribution in [0.25, 0.3) is 0 Å². The van der Waals surface area contributed by atoms with Gasteiger partial charge in [0.05, 0.1) is 6.04 Å². The minimum absolute atomic E-state index is 0.0545. The Labute approximate surface area is 160 Å². The smallest absolute Gasteiger partial charge is 0.251 e. The third-order valence-corrected chi connectivity index (χ3v) is 5.35. The lowest BCUT2D eigenvalue weighted by molar-refractivity contribution is 0.0963. The molecular weight excluding hydrogens is 332 g/mol. The summed E-state index contributed by atoms with van der Waals surface area (Å²) in [6.45, 7) is 0.751. The minimum atomic E-state index is -0.0545. The molecule has 2 N–H and O–H groups in total. The molecule has 0 aliphatic heterocycles. The number of benzene rings is 3. The van der Waals surface area contributed by atoms with Crippen molar-refractivity contribution in [3.63, 3.8) is 0 Å². The highest BCUT2D eigenvalue weighted by atomic mass is 16.1. The van der Waals surface area contributed by atoms with Gasteiger partial charge in [0.2, 0.25) is 0 Å². The van der Waals surface area contributed by atoms with Crippen LogP contribution in [0, 0.1) is 0 Å². The fraction of sp³-hybridized carbons (Fsp3) is 0.208. The van der Waals surface area contributed by atoms with Gasteiger partial charge in [-0.2, -0.15) is 0 Å². The van der Waals surface area contributed by atoms with E-state index in [0.29, 0.717) is 5.56 Å². The molecule has 3 aromatic carbocycles. The van der Waals surface area contributed by atoms with Crippen LogP contribution < -0.4 is 10.6 Å². The van der Waals surface area contributed by atoms with Crippen LogP contribution in [0.5, 0.6) is 0 Å². The van der Waals surface area contributed by atoms with E-state index in [0.717, 1.165) is 19.4 Å². The standard InChI is InChI=1S/C24H24N2O/c1-25-24(27)20-12-10-17(11-13-20)16-26-23-21-8-4-2-6-18(21)14-15-19-7-3-5-9-22(19)23/h2-13,23,26H,14-16H2,1H3,(H,25,27). The number of carbonyl (C=O) groups is 1. The second-order valence-corrected chi connectivity index (χ2v) is 6.99. The zero-order chi connectivity index (χ0) is 18.6. The maximum absolute atomic E-state index is 11.7.